The third kappa shape index (κ3) is 2.83. The van der Waals surface area contributed by atoms with Crippen LogP contribution in [0.2, 0.25) is 0 Å². The van der Waals surface area contributed by atoms with Gasteiger partial charge in [-0.1, -0.05) is 12.1 Å². The SMILES string of the molecule is Cl.O=C1N[C@H](c2ccc(F)cc2)CCO1. The molecule has 0 radical (unpaired) electrons. The van der Waals surface area contributed by atoms with Gasteiger partial charge in [0.2, 0.25) is 0 Å². The summed E-state index contributed by atoms with van der Waals surface area (Å²) in [7, 11) is 0. The van der Waals surface area contributed by atoms with Crippen LogP contribution in [0.4, 0.5) is 9.18 Å². The standard InChI is InChI=1S/C10H10FNO2.ClH/c11-8-3-1-7(2-4-8)9-5-6-14-10(13)12-9;/h1-4,9H,5-6H2,(H,12,13);1H/t9-;/m0./s1. The molecule has 1 atom stereocenters. The molecule has 1 aromatic rings. The van der Waals surface area contributed by atoms with Gasteiger partial charge in [-0.05, 0) is 17.7 Å². The van der Waals surface area contributed by atoms with E-state index in [0.29, 0.717) is 6.61 Å². The van der Waals surface area contributed by atoms with E-state index in [0.717, 1.165) is 12.0 Å². The second kappa shape index (κ2) is 4.98. The number of amides is 1. The van der Waals surface area contributed by atoms with Gasteiger partial charge in [0.15, 0.2) is 0 Å². The number of halogens is 2. The fourth-order valence-corrected chi connectivity index (χ4v) is 1.47. The summed E-state index contributed by atoms with van der Waals surface area (Å²) in [5.74, 6) is -0.271. The number of ether oxygens (including phenoxy) is 1. The molecule has 1 saturated heterocycles. The molecule has 5 heteroatoms. The van der Waals surface area contributed by atoms with E-state index >= 15 is 0 Å². The van der Waals surface area contributed by atoms with Gasteiger partial charge >= 0.3 is 6.09 Å². The number of alkyl carbamates (subject to hydrolysis) is 1. The first-order valence-electron chi connectivity index (χ1n) is 4.44. The van der Waals surface area contributed by atoms with Crippen LogP contribution in [0.5, 0.6) is 0 Å². The molecule has 1 amide bonds. The van der Waals surface area contributed by atoms with Crippen molar-refractivity contribution in [3.05, 3.63) is 35.6 Å². The summed E-state index contributed by atoms with van der Waals surface area (Å²) in [5, 5.41) is 2.67. The Balaban J connectivity index is 0.00000112. The van der Waals surface area contributed by atoms with Crippen LogP contribution in [0.25, 0.3) is 0 Å². The first kappa shape index (κ1) is 11.8. The third-order valence-corrected chi connectivity index (χ3v) is 2.20. The highest BCUT2D eigenvalue weighted by Gasteiger charge is 2.20. The van der Waals surface area contributed by atoms with Crippen LogP contribution in [0.1, 0.15) is 18.0 Å². The van der Waals surface area contributed by atoms with Gasteiger partial charge in [-0.2, -0.15) is 0 Å². The van der Waals surface area contributed by atoms with Crippen LogP contribution in [0.3, 0.4) is 0 Å². The zero-order valence-electron chi connectivity index (χ0n) is 7.90. The molecule has 3 nitrogen and oxygen atoms in total. The van der Waals surface area contributed by atoms with E-state index < -0.39 is 6.09 Å². The minimum atomic E-state index is -0.412. The molecule has 2 rings (SSSR count). The van der Waals surface area contributed by atoms with Crippen molar-refractivity contribution >= 4 is 18.5 Å². The van der Waals surface area contributed by atoms with Crippen molar-refractivity contribution < 1.29 is 13.9 Å². The Morgan fingerprint density at radius 1 is 1.33 bits per heavy atom. The molecular formula is C10H11ClFNO2. The average Bonchev–Trinajstić information content (AvgIpc) is 2.19. The Morgan fingerprint density at radius 3 is 2.60 bits per heavy atom. The van der Waals surface area contributed by atoms with Gasteiger partial charge in [-0.15, -0.1) is 12.4 Å². The summed E-state index contributed by atoms with van der Waals surface area (Å²) in [5.41, 5.74) is 0.906. The number of rotatable bonds is 1. The van der Waals surface area contributed by atoms with Crippen LogP contribution in [0.15, 0.2) is 24.3 Å². The molecule has 1 heterocycles. The minimum Gasteiger partial charge on any atom is -0.449 e. The van der Waals surface area contributed by atoms with Gasteiger partial charge < -0.3 is 10.1 Å². The summed E-state index contributed by atoms with van der Waals surface area (Å²) < 4.78 is 17.3. The number of hydrogen-bond donors (Lipinski definition) is 1. The highest BCUT2D eigenvalue weighted by atomic mass is 35.5. The van der Waals surface area contributed by atoms with Crippen molar-refractivity contribution in [2.24, 2.45) is 0 Å². The van der Waals surface area contributed by atoms with Gasteiger partial charge in [0.25, 0.3) is 0 Å². The minimum absolute atomic E-state index is 0. The number of carbonyl (C=O) groups excluding carboxylic acids is 1. The average molecular weight is 232 g/mol. The van der Waals surface area contributed by atoms with Crippen LogP contribution in [-0.2, 0) is 4.74 Å². The van der Waals surface area contributed by atoms with Crippen molar-refractivity contribution in [2.45, 2.75) is 12.5 Å². The second-order valence-corrected chi connectivity index (χ2v) is 3.17. The molecule has 0 spiro atoms. The lowest BCUT2D eigenvalue weighted by Gasteiger charge is -2.23. The lowest BCUT2D eigenvalue weighted by molar-refractivity contribution is 0.115. The first-order chi connectivity index (χ1) is 6.75. The quantitative estimate of drug-likeness (QED) is 0.806. The van der Waals surface area contributed by atoms with Gasteiger partial charge in [0.1, 0.15) is 5.82 Å². The lowest BCUT2D eigenvalue weighted by atomic mass is 10.0. The van der Waals surface area contributed by atoms with Crippen molar-refractivity contribution in [1.82, 2.24) is 5.32 Å². The smallest absolute Gasteiger partial charge is 0.407 e. The van der Waals surface area contributed by atoms with E-state index in [1.165, 1.54) is 12.1 Å². The molecule has 0 aromatic heterocycles. The molecule has 1 fully saturated rings. The van der Waals surface area contributed by atoms with E-state index in [1.807, 2.05) is 0 Å². The largest absolute Gasteiger partial charge is 0.449 e. The van der Waals surface area contributed by atoms with E-state index in [9.17, 15) is 9.18 Å². The van der Waals surface area contributed by atoms with Crippen molar-refractivity contribution in [2.75, 3.05) is 6.61 Å². The van der Waals surface area contributed by atoms with E-state index in [-0.39, 0.29) is 24.3 Å². The van der Waals surface area contributed by atoms with Crippen molar-refractivity contribution in [3.8, 4) is 0 Å². The van der Waals surface area contributed by atoms with Gasteiger partial charge in [0.05, 0.1) is 12.6 Å². The number of nitrogens with one attached hydrogen (secondary N) is 1. The number of cyclic esters (lactones) is 1. The number of benzene rings is 1. The van der Waals surface area contributed by atoms with Gasteiger partial charge in [-0.25, -0.2) is 9.18 Å². The molecule has 82 valence electrons. The molecule has 1 aliphatic rings. The molecule has 0 aliphatic carbocycles. The third-order valence-electron chi connectivity index (χ3n) is 2.20. The summed E-state index contributed by atoms with van der Waals surface area (Å²) in [6.07, 6.45) is 0.308. The summed E-state index contributed by atoms with van der Waals surface area (Å²) in [6, 6.07) is 6.06. The summed E-state index contributed by atoms with van der Waals surface area (Å²) >= 11 is 0. The summed E-state index contributed by atoms with van der Waals surface area (Å²) in [4.78, 5) is 10.9. The molecule has 1 aromatic carbocycles. The highest BCUT2D eigenvalue weighted by molar-refractivity contribution is 5.85. The predicted octanol–water partition coefficient (Wildman–Crippen LogP) is 2.42. The van der Waals surface area contributed by atoms with Crippen molar-refractivity contribution in [1.29, 1.82) is 0 Å². The van der Waals surface area contributed by atoms with Crippen LogP contribution in [0, 0.1) is 5.82 Å². The first-order valence-corrected chi connectivity index (χ1v) is 4.44. The van der Waals surface area contributed by atoms with E-state index in [2.05, 4.69) is 5.32 Å². The molecular weight excluding hydrogens is 221 g/mol. The highest BCUT2D eigenvalue weighted by Crippen LogP contribution is 2.19. The molecule has 0 unspecified atom stereocenters. The van der Waals surface area contributed by atoms with E-state index in [4.69, 9.17) is 4.74 Å². The zero-order chi connectivity index (χ0) is 9.97. The predicted molar refractivity (Wildman–Crippen MR) is 55.5 cm³/mol. The Kier molecular flexibility index (Phi) is 3.91. The molecule has 0 saturated carbocycles. The lowest BCUT2D eigenvalue weighted by Crippen LogP contribution is -2.35. The maximum atomic E-state index is 12.6. The number of carbonyl (C=O) groups is 1. The molecule has 15 heavy (non-hydrogen) atoms. The topological polar surface area (TPSA) is 38.3 Å². The van der Waals surface area contributed by atoms with Gasteiger partial charge in [-0.3, -0.25) is 0 Å². The number of hydrogen-bond acceptors (Lipinski definition) is 2. The van der Waals surface area contributed by atoms with E-state index in [1.54, 1.807) is 12.1 Å². The molecule has 1 N–H and O–H groups in total. The van der Waals surface area contributed by atoms with Gasteiger partial charge in [0, 0.05) is 6.42 Å². The Morgan fingerprint density at radius 2 is 2.00 bits per heavy atom. The second-order valence-electron chi connectivity index (χ2n) is 3.17. The zero-order valence-corrected chi connectivity index (χ0v) is 8.72. The fourth-order valence-electron chi connectivity index (χ4n) is 1.47. The van der Waals surface area contributed by atoms with Crippen LogP contribution < -0.4 is 5.32 Å². The Bertz CT molecular complexity index is 342. The summed E-state index contributed by atoms with van der Waals surface area (Å²) in [6.45, 7) is 0.411. The molecule has 1 aliphatic heterocycles. The van der Waals surface area contributed by atoms with Crippen molar-refractivity contribution in [3.63, 3.8) is 0 Å². The monoisotopic (exact) mass is 231 g/mol. The van der Waals surface area contributed by atoms with Crippen LogP contribution in [-0.4, -0.2) is 12.7 Å². The fraction of sp³-hybridized carbons (Fsp3) is 0.300. The normalized spacial score (nSPS) is 19.8. The Labute approximate surface area is 93.0 Å². The Hall–Kier alpha value is -1.29. The molecule has 0 bridgehead atoms. The van der Waals surface area contributed by atoms with Crippen LogP contribution >= 0.6 is 12.4 Å². The maximum Gasteiger partial charge on any atom is 0.407 e. The maximum absolute atomic E-state index is 12.6.